The summed E-state index contributed by atoms with van der Waals surface area (Å²) < 4.78 is 10.7. The van der Waals surface area contributed by atoms with E-state index in [2.05, 4.69) is 0 Å². The van der Waals surface area contributed by atoms with Gasteiger partial charge in [-0.25, -0.2) is 0 Å². The van der Waals surface area contributed by atoms with Crippen molar-refractivity contribution in [3.63, 3.8) is 0 Å². The molecule has 0 aromatic heterocycles. The average Bonchev–Trinajstić information content (AvgIpc) is 2.25. The molecular formula is C13H17NO5. The molecule has 0 aliphatic heterocycles. The molecule has 6 heteroatoms. The molecule has 0 aliphatic rings. The summed E-state index contributed by atoms with van der Waals surface area (Å²) in [5.41, 5.74) is -0.811. The lowest BCUT2D eigenvalue weighted by atomic mass is 10.1. The second-order valence-corrected chi connectivity index (χ2v) is 5.05. The third-order valence-corrected chi connectivity index (χ3v) is 2.27. The molecule has 0 radical (unpaired) electrons. The van der Waals surface area contributed by atoms with Crippen LogP contribution in [0.25, 0.3) is 0 Å². The van der Waals surface area contributed by atoms with E-state index < -0.39 is 16.3 Å². The van der Waals surface area contributed by atoms with E-state index in [1.807, 2.05) is 20.8 Å². The lowest BCUT2D eigenvalue weighted by Crippen LogP contribution is -2.23. The largest absolute Gasteiger partial charge is 0.493 e. The van der Waals surface area contributed by atoms with Crippen molar-refractivity contribution in [2.75, 3.05) is 7.11 Å². The third-order valence-electron chi connectivity index (χ3n) is 2.27. The number of nitro benzene ring substituents is 1. The lowest BCUT2D eigenvalue weighted by Gasteiger charge is -2.22. The predicted octanol–water partition coefficient (Wildman–Crippen LogP) is 2.98. The zero-order valence-electron chi connectivity index (χ0n) is 11.6. The highest BCUT2D eigenvalue weighted by atomic mass is 16.6. The second-order valence-electron chi connectivity index (χ2n) is 5.05. The summed E-state index contributed by atoms with van der Waals surface area (Å²) in [6.45, 7) is 6.72. The number of benzene rings is 1. The SMILES string of the molecule is COc1cc(C(C)=O)c([N+](=O)[O-])cc1OC(C)(C)C. The van der Waals surface area contributed by atoms with Gasteiger partial charge in [0.1, 0.15) is 5.60 Å². The molecule has 1 rings (SSSR count). The van der Waals surface area contributed by atoms with Gasteiger partial charge in [0.05, 0.1) is 23.7 Å². The Morgan fingerprint density at radius 2 is 1.84 bits per heavy atom. The van der Waals surface area contributed by atoms with E-state index in [-0.39, 0.29) is 17.0 Å². The molecule has 104 valence electrons. The van der Waals surface area contributed by atoms with Gasteiger partial charge in [-0.15, -0.1) is 0 Å². The van der Waals surface area contributed by atoms with Gasteiger partial charge < -0.3 is 9.47 Å². The minimum absolute atomic E-state index is 0.00288. The monoisotopic (exact) mass is 267 g/mol. The summed E-state index contributed by atoms with van der Waals surface area (Å²) in [6.07, 6.45) is 0. The number of Topliss-reactive ketones (excluding diaryl/α,β-unsaturated/α-hetero) is 1. The zero-order chi connectivity index (χ0) is 14.8. The van der Waals surface area contributed by atoms with E-state index in [9.17, 15) is 14.9 Å². The molecule has 0 aliphatic carbocycles. The first-order chi connectivity index (χ1) is 8.65. The summed E-state index contributed by atoms with van der Waals surface area (Å²) in [6, 6.07) is 2.56. The molecule has 0 spiro atoms. The molecule has 0 N–H and O–H groups in total. The highest BCUT2D eigenvalue weighted by molar-refractivity contribution is 5.98. The Bertz CT molecular complexity index is 517. The zero-order valence-corrected chi connectivity index (χ0v) is 11.6. The van der Waals surface area contributed by atoms with E-state index >= 15 is 0 Å². The van der Waals surface area contributed by atoms with Crippen molar-refractivity contribution >= 4 is 11.5 Å². The summed E-state index contributed by atoms with van der Waals surface area (Å²) >= 11 is 0. The molecule has 0 saturated heterocycles. The fraction of sp³-hybridized carbons (Fsp3) is 0.462. The van der Waals surface area contributed by atoms with Crippen LogP contribution in [0.4, 0.5) is 5.69 Å². The molecule has 0 unspecified atom stereocenters. The van der Waals surface area contributed by atoms with Crippen LogP contribution in [0.1, 0.15) is 38.1 Å². The van der Waals surface area contributed by atoms with E-state index in [0.29, 0.717) is 5.75 Å². The first-order valence-corrected chi connectivity index (χ1v) is 5.72. The Hall–Kier alpha value is -2.11. The van der Waals surface area contributed by atoms with Crippen molar-refractivity contribution in [1.82, 2.24) is 0 Å². The summed E-state index contributed by atoms with van der Waals surface area (Å²) in [4.78, 5) is 21.8. The van der Waals surface area contributed by atoms with E-state index in [1.165, 1.54) is 26.2 Å². The number of rotatable bonds is 4. The van der Waals surface area contributed by atoms with Crippen LogP contribution in [0.5, 0.6) is 11.5 Å². The van der Waals surface area contributed by atoms with Crippen LogP contribution in [0, 0.1) is 10.1 Å². The Morgan fingerprint density at radius 1 is 1.26 bits per heavy atom. The van der Waals surface area contributed by atoms with Crippen LogP contribution in [-0.4, -0.2) is 23.4 Å². The van der Waals surface area contributed by atoms with E-state index in [0.717, 1.165) is 0 Å². The van der Waals surface area contributed by atoms with Crippen LogP contribution in [0.15, 0.2) is 12.1 Å². The summed E-state index contributed by atoms with van der Waals surface area (Å²) in [5, 5.41) is 11.0. The van der Waals surface area contributed by atoms with Crippen molar-refractivity contribution in [1.29, 1.82) is 0 Å². The molecule has 6 nitrogen and oxygen atoms in total. The molecule has 0 heterocycles. The molecule has 0 bridgehead atoms. The van der Waals surface area contributed by atoms with Crippen molar-refractivity contribution < 1.29 is 19.2 Å². The van der Waals surface area contributed by atoms with Crippen molar-refractivity contribution in [3.05, 3.63) is 27.8 Å². The number of hydrogen-bond acceptors (Lipinski definition) is 5. The Morgan fingerprint density at radius 3 is 2.21 bits per heavy atom. The maximum Gasteiger partial charge on any atom is 0.284 e. The van der Waals surface area contributed by atoms with Crippen molar-refractivity contribution in [2.24, 2.45) is 0 Å². The first-order valence-electron chi connectivity index (χ1n) is 5.72. The molecule has 1 aromatic rings. The molecular weight excluding hydrogens is 250 g/mol. The number of carbonyl (C=O) groups is 1. The molecule has 1 aromatic carbocycles. The van der Waals surface area contributed by atoms with Crippen LogP contribution in [-0.2, 0) is 0 Å². The smallest absolute Gasteiger partial charge is 0.284 e. The molecule has 0 saturated carbocycles. The molecule has 0 amide bonds. The summed E-state index contributed by atoms with van der Waals surface area (Å²) in [7, 11) is 1.42. The van der Waals surface area contributed by atoms with Gasteiger partial charge in [-0.3, -0.25) is 14.9 Å². The summed E-state index contributed by atoms with van der Waals surface area (Å²) in [5.74, 6) is 0.143. The molecule has 0 atom stereocenters. The number of methoxy groups -OCH3 is 1. The predicted molar refractivity (Wildman–Crippen MR) is 70.0 cm³/mol. The van der Waals surface area contributed by atoms with Gasteiger partial charge in [0.15, 0.2) is 17.3 Å². The minimum atomic E-state index is -0.605. The quantitative estimate of drug-likeness (QED) is 0.476. The molecule has 0 fully saturated rings. The Labute approximate surface area is 111 Å². The second kappa shape index (κ2) is 5.26. The number of nitro groups is 1. The average molecular weight is 267 g/mol. The van der Waals surface area contributed by atoms with Crippen LogP contribution < -0.4 is 9.47 Å². The topological polar surface area (TPSA) is 78.7 Å². The van der Waals surface area contributed by atoms with Gasteiger partial charge in [-0.2, -0.15) is 0 Å². The maximum atomic E-state index is 11.4. The maximum absolute atomic E-state index is 11.4. The highest BCUT2D eigenvalue weighted by Gasteiger charge is 2.24. The van der Waals surface area contributed by atoms with Gasteiger partial charge in [0, 0.05) is 6.07 Å². The first kappa shape index (κ1) is 14.9. The van der Waals surface area contributed by atoms with Crippen LogP contribution >= 0.6 is 0 Å². The number of carbonyl (C=O) groups excluding carboxylic acids is 1. The van der Waals surface area contributed by atoms with Gasteiger partial charge in [-0.1, -0.05) is 0 Å². The number of hydrogen-bond donors (Lipinski definition) is 0. The molecule has 19 heavy (non-hydrogen) atoms. The van der Waals surface area contributed by atoms with Gasteiger partial charge in [0.2, 0.25) is 0 Å². The van der Waals surface area contributed by atoms with E-state index in [4.69, 9.17) is 9.47 Å². The third kappa shape index (κ3) is 3.67. The lowest BCUT2D eigenvalue weighted by molar-refractivity contribution is -0.385. The number of ketones is 1. The van der Waals surface area contributed by atoms with Crippen molar-refractivity contribution in [3.8, 4) is 11.5 Å². The van der Waals surface area contributed by atoms with Gasteiger partial charge >= 0.3 is 0 Å². The Kier molecular flexibility index (Phi) is 4.14. The highest BCUT2D eigenvalue weighted by Crippen LogP contribution is 2.36. The number of ether oxygens (including phenoxy) is 2. The van der Waals surface area contributed by atoms with Gasteiger partial charge in [0.25, 0.3) is 5.69 Å². The standard InChI is InChI=1S/C13H17NO5/c1-8(15)9-6-11(18-5)12(19-13(2,3)4)7-10(9)14(16)17/h6-7H,1-5H3. The fourth-order valence-electron chi connectivity index (χ4n) is 1.55. The van der Waals surface area contributed by atoms with Crippen LogP contribution in [0.2, 0.25) is 0 Å². The van der Waals surface area contributed by atoms with Crippen LogP contribution in [0.3, 0.4) is 0 Å². The van der Waals surface area contributed by atoms with Gasteiger partial charge in [-0.05, 0) is 27.7 Å². The van der Waals surface area contributed by atoms with E-state index in [1.54, 1.807) is 0 Å². The normalized spacial score (nSPS) is 11.0. The fourth-order valence-corrected chi connectivity index (χ4v) is 1.55. The Balaban J connectivity index is 3.44. The van der Waals surface area contributed by atoms with Crippen molar-refractivity contribution in [2.45, 2.75) is 33.3 Å². The number of nitrogens with zero attached hydrogens (tertiary/aromatic N) is 1. The minimum Gasteiger partial charge on any atom is -0.493 e.